The van der Waals surface area contributed by atoms with E-state index in [9.17, 15) is 9.59 Å². The smallest absolute Gasteiger partial charge is 0.227 e. The molecule has 1 heterocycles. The van der Waals surface area contributed by atoms with Crippen molar-refractivity contribution in [3.05, 3.63) is 23.8 Å². The van der Waals surface area contributed by atoms with Crippen LogP contribution in [0.3, 0.4) is 0 Å². The topological polar surface area (TPSA) is 70.4 Å². The molecule has 0 bridgehead atoms. The number of methoxy groups -OCH3 is 1. The van der Waals surface area contributed by atoms with Crippen molar-refractivity contribution < 1.29 is 14.3 Å². The van der Waals surface area contributed by atoms with Gasteiger partial charge in [0.25, 0.3) is 0 Å². The van der Waals surface area contributed by atoms with Gasteiger partial charge in [0.15, 0.2) is 5.12 Å². The predicted molar refractivity (Wildman–Crippen MR) is 81.3 cm³/mol. The first-order chi connectivity index (χ1) is 10.0. The van der Waals surface area contributed by atoms with E-state index in [4.69, 9.17) is 10.00 Å². The van der Waals surface area contributed by atoms with Gasteiger partial charge in [-0.1, -0.05) is 11.8 Å². The number of hydrogen-bond donors (Lipinski definition) is 0. The van der Waals surface area contributed by atoms with Gasteiger partial charge in [0.2, 0.25) is 5.91 Å². The van der Waals surface area contributed by atoms with E-state index < -0.39 is 0 Å². The molecule has 6 heteroatoms. The molecule has 1 aromatic rings. The number of hydrogen-bond acceptors (Lipinski definition) is 5. The fourth-order valence-corrected chi connectivity index (χ4v) is 3.03. The zero-order valence-electron chi connectivity index (χ0n) is 12.0. The van der Waals surface area contributed by atoms with Crippen molar-refractivity contribution in [1.82, 2.24) is 0 Å². The normalized spacial score (nSPS) is 17.7. The third kappa shape index (κ3) is 3.56. The summed E-state index contributed by atoms with van der Waals surface area (Å²) in [7, 11) is 1.52. The molecule has 21 heavy (non-hydrogen) atoms. The third-order valence-electron chi connectivity index (χ3n) is 3.33. The number of carbonyl (C=O) groups excluding carboxylic acids is 2. The molecule has 1 amide bonds. The number of carbonyl (C=O) groups is 2. The van der Waals surface area contributed by atoms with Crippen molar-refractivity contribution in [3.63, 3.8) is 0 Å². The second-order valence-electron chi connectivity index (χ2n) is 4.88. The summed E-state index contributed by atoms with van der Waals surface area (Å²) in [5, 5.41) is 8.98. The Balaban J connectivity index is 2.17. The number of nitriles is 1. The van der Waals surface area contributed by atoms with Gasteiger partial charge in [-0.05, 0) is 18.1 Å². The molecule has 0 aromatic heterocycles. The molecule has 110 valence electrons. The lowest BCUT2D eigenvalue weighted by Gasteiger charge is -2.19. The Morgan fingerprint density at radius 1 is 1.57 bits per heavy atom. The molecule has 1 aliphatic heterocycles. The number of ether oxygens (including phenoxy) is 1. The van der Waals surface area contributed by atoms with Gasteiger partial charge in [-0.15, -0.1) is 0 Å². The van der Waals surface area contributed by atoms with Crippen LogP contribution in [0.5, 0.6) is 5.75 Å². The molecule has 0 radical (unpaired) electrons. The number of rotatable bonds is 4. The summed E-state index contributed by atoms with van der Waals surface area (Å²) in [6, 6.07) is 7.07. The van der Waals surface area contributed by atoms with Crippen molar-refractivity contribution >= 4 is 28.5 Å². The second kappa shape index (κ2) is 6.64. The number of nitrogens with zero attached hydrogens (tertiary/aromatic N) is 2. The maximum absolute atomic E-state index is 12.2. The van der Waals surface area contributed by atoms with Gasteiger partial charge in [-0.3, -0.25) is 9.59 Å². The van der Waals surface area contributed by atoms with E-state index in [0.29, 0.717) is 35.7 Å². The van der Waals surface area contributed by atoms with E-state index in [0.717, 1.165) is 0 Å². The van der Waals surface area contributed by atoms with E-state index >= 15 is 0 Å². The lowest BCUT2D eigenvalue weighted by atomic mass is 10.1. The van der Waals surface area contributed by atoms with Crippen LogP contribution in [0.1, 0.15) is 18.9 Å². The molecule has 1 saturated heterocycles. The Hall–Kier alpha value is -2.00. The van der Waals surface area contributed by atoms with E-state index in [1.54, 1.807) is 23.1 Å². The molecule has 0 saturated carbocycles. The van der Waals surface area contributed by atoms with Crippen molar-refractivity contribution in [1.29, 1.82) is 5.26 Å². The predicted octanol–water partition coefficient (Wildman–Crippen LogP) is 2.20. The van der Waals surface area contributed by atoms with Crippen molar-refractivity contribution in [2.75, 3.05) is 24.3 Å². The first-order valence-corrected chi connectivity index (χ1v) is 7.55. The quantitative estimate of drug-likeness (QED) is 0.853. The Morgan fingerprint density at radius 2 is 2.33 bits per heavy atom. The van der Waals surface area contributed by atoms with Crippen LogP contribution in [-0.4, -0.2) is 30.4 Å². The second-order valence-corrected chi connectivity index (χ2v) is 6.07. The average Bonchev–Trinajstić information content (AvgIpc) is 2.85. The highest BCUT2D eigenvalue weighted by molar-refractivity contribution is 8.13. The van der Waals surface area contributed by atoms with E-state index in [1.165, 1.54) is 25.8 Å². The Kier molecular flexibility index (Phi) is 4.86. The minimum Gasteiger partial charge on any atom is -0.495 e. The average molecular weight is 304 g/mol. The number of amides is 1. The van der Waals surface area contributed by atoms with Crippen LogP contribution in [0.15, 0.2) is 18.2 Å². The van der Waals surface area contributed by atoms with Gasteiger partial charge in [-0.2, -0.15) is 5.26 Å². The molecule has 0 spiro atoms. The monoisotopic (exact) mass is 304 g/mol. The first kappa shape index (κ1) is 15.4. The number of benzene rings is 1. The largest absolute Gasteiger partial charge is 0.495 e. The van der Waals surface area contributed by atoms with Crippen molar-refractivity contribution in [3.8, 4) is 11.8 Å². The number of thioether (sulfide) groups is 1. The summed E-state index contributed by atoms with van der Waals surface area (Å²) < 4.78 is 5.28. The SMILES string of the molecule is COc1cc(C#N)ccc1N1CC(CSC(C)=O)CC1=O. The molecule has 1 aliphatic rings. The highest BCUT2D eigenvalue weighted by Crippen LogP contribution is 2.34. The van der Waals surface area contributed by atoms with Gasteiger partial charge in [-0.25, -0.2) is 0 Å². The summed E-state index contributed by atoms with van der Waals surface area (Å²) >= 11 is 1.25. The van der Waals surface area contributed by atoms with Gasteiger partial charge in [0, 0.05) is 31.7 Å². The number of anilines is 1. The zero-order valence-corrected chi connectivity index (χ0v) is 12.8. The fourth-order valence-electron chi connectivity index (χ4n) is 2.33. The van der Waals surface area contributed by atoms with E-state index in [1.807, 2.05) is 6.07 Å². The molecule has 1 atom stereocenters. The lowest BCUT2D eigenvalue weighted by Crippen LogP contribution is -2.25. The molecular formula is C15H16N2O3S. The summed E-state index contributed by atoms with van der Waals surface area (Å²) in [6.07, 6.45) is 0.434. The summed E-state index contributed by atoms with van der Waals surface area (Å²) in [5.74, 6) is 1.34. The Bertz CT molecular complexity index is 609. The standard InChI is InChI=1S/C15H16N2O3S/c1-10(18)21-9-12-6-15(19)17(8-12)13-4-3-11(7-16)5-14(13)20-2/h3-5,12H,6,8-9H2,1-2H3. The lowest BCUT2D eigenvalue weighted by molar-refractivity contribution is -0.117. The van der Waals surface area contributed by atoms with Crippen LogP contribution < -0.4 is 9.64 Å². The highest BCUT2D eigenvalue weighted by atomic mass is 32.2. The Morgan fingerprint density at radius 3 is 2.95 bits per heavy atom. The molecule has 0 N–H and O–H groups in total. The van der Waals surface area contributed by atoms with E-state index in [2.05, 4.69) is 0 Å². The maximum Gasteiger partial charge on any atom is 0.227 e. The van der Waals surface area contributed by atoms with Crippen molar-refractivity contribution in [2.45, 2.75) is 13.3 Å². The van der Waals surface area contributed by atoms with Crippen molar-refractivity contribution in [2.24, 2.45) is 5.92 Å². The minimum atomic E-state index is 0.0205. The highest BCUT2D eigenvalue weighted by Gasteiger charge is 2.32. The van der Waals surface area contributed by atoms with E-state index in [-0.39, 0.29) is 16.9 Å². The summed E-state index contributed by atoms with van der Waals surface area (Å²) in [6.45, 7) is 2.10. The molecule has 5 nitrogen and oxygen atoms in total. The molecule has 1 fully saturated rings. The van der Waals surface area contributed by atoms with Gasteiger partial charge < -0.3 is 9.64 Å². The van der Waals surface area contributed by atoms with Gasteiger partial charge >= 0.3 is 0 Å². The summed E-state index contributed by atoms with van der Waals surface area (Å²) in [5.41, 5.74) is 1.17. The molecular weight excluding hydrogens is 288 g/mol. The minimum absolute atomic E-state index is 0.0205. The van der Waals surface area contributed by atoms with Crippen LogP contribution in [-0.2, 0) is 9.59 Å². The van der Waals surface area contributed by atoms with Crippen LogP contribution in [0.25, 0.3) is 0 Å². The van der Waals surface area contributed by atoms with Gasteiger partial charge in [0.1, 0.15) is 5.75 Å². The van der Waals surface area contributed by atoms with Crippen LogP contribution in [0.4, 0.5) is 5.69 Å². The van der Waals surface area contributed by atoms with Crippen LogP contribution in [0.2, 0.25) is 0 Å². The molecule has 2 rings (SSSR count). The molecule has 1 unspecified atom stereocenters. The fraction of sp³-hybridized carbons (Fsp3) is 0.400. The third-order valence-corrected chi connectivity index (χ3v) is 4.37. The van der Waals surface area contributed by atoms with Crippen LogP contribution in [0, 0.1) is 17.2 Å². The zero-order chi connectivity index (χ0) is 15.4. The Labute approximate surface area is 127 Å². The maximum atomic E-state index is 12.2. The molecule has 0 aliphatic carbocycles. The first-order valence-electron chi connectivity index (χ1n) is 6.57. The molecule has 1 aromatic carbocycles. The van der Waals surface area contributed by atoms with Crippen LogP contribution >= 0.6 is 11.8 Å². The van der Waals surface area contributed by atoms with Gasteiger partial charge in [0.05, 0.1) is 24.4 Å². The summed E-state index contributed by atoms with van der Waals surface area (Å²) in [4.78, 5) is 24.9.